The van der Waals surface area contributed by atoms with Gasteiger partial charge >= 0.3 is 0 Å². The van der Waals surface area contributed by atoms with E-state index >= 15 is 0 Å². The smallest absolute Gasteiger partial charge is 0.240 e. The molecule has 1 fully saturated rings. The van der Waals surface area contributed by atoms with Crippen molar-refractivity contribution in [2.45, 2.75) is 17.7 Å². The standard InChI is InChI=1S/C13H18N2OS/c1-17-12(10-5-3-2-4-6-10)13(16)15-8-7-11(14)9-15/h2-6,11-12H,7-9,14H2,1H3. The summed E-state index contributed by atoms with van der Waals surface area (Å²) < 4.78 is 0. The Hall–Kier alpha value is -1.00. The van der Waals surface area contributed by atoms with E-state index in [9.17, 15) is 4.79 Å². The first-order chi connectivity index (χ1) is 8.22. The highest BCUT2D eigenvalue weighted by Gasteiger charge is 2.29. The van der Waals surface area contributed by atoms with Crippen molar-refractivity contribution < 1.29 is 4.79 Å². The fourth-order valence-corrected chi connectivity index (χ4v) is 2.94. The molecule has 0 saturated carbocycles. The molecule has 2 unspecified atom stereocenters. The average Bonchev–Trinajstić information content (AvgIpc) is 2.78. The zero-order chi connectivity index (χ0) is 12.3. The van der Waals surface area contributed by atoms with Crippen LogP contribution >= 0.6 is 11.8 Å². The molecule has 1 aromatic carbocycles. The van der Waals surface area contributed by atoms with E-state index < -0.39 is 0 Å². The molecule has 1 aromatic rings. The molecular weight excluding hydrogens is 232 g/mol. The van der Waals surface area contributed by atoms with Gasteiger partial charge in [-0.15, -0.1) is 11.8 Å². The van der Waals surface area contributed by atoms with Crippen LogP contribution in [0.15, 0.2) is 30.3 Å². The van der Waals surface area contributed by atoms with E-state index in [0.29, 0.717) is 6.54 Å². The Kier molecular flexibility index (Phi) is 4.07. The van der Waals surface area contributed by atoms with Crippen LogP contribution in [0.3, 0.4) is 0 Å². The highest BCUT2D eigenvalue weighted by Crippen LogP contribution is 2.29. The number of carbonyl (C=O) groups excluding carboxylic acids is 1. The van der Waals surface area contributed by atoms with Gasteiger partial charge < -0.3 is 10.6 Å². The Labute approximate surface area is 106 Å². The number of hydrogen-bond donors (Lipinski definition) is 1. The minimum atomic E-state index is -0.0958. The lowest BCUT2D eigenvalue weighted by Gasteiger charge is -2.22. The topological polar surface area (TPSA) is 46.3 Å². The lowest BCUT2D eigenvalue weighted by molar-refractivity contribution is -0.129. The number of nitrogens with zero attached hydrogens (tertiary/aromatic N) is 1. The number of amides is 1. The number of benzene rings is 1. The summed E-state index contributed by atoms with van der Waals surface area (Å²) in [4.78, 5) is 14.3. The van der Waals surface area contributed by atoms with Crippen molar-refractivity contribution in [3.05, 3.63) is 35.9 Å². The van der Waals surface area contributed by atoms with Crippen LogP contribution in [0.25, 0.3) is 0 Å². The molecule has 0 bridgehead atoms. The number of nitrogens with two attached hydrogens (primary N) is 1. The van der Waals surface area contributed by atoms with E-state index in [-0.39, 0.29) is 17.2 Å². The second-order valence-corrected chi connectivity index (χ2v) is 5.30. The molecule has 1 aliphatic rings. The van der Waals surface area contributed by atoms with Crippen LogP contribution in [0.5, 0.6) is 0 Å². The van der Waals surface area contributed by atoms with E-state index in [2.05, 4.69) is 0 Å². The van der Waals surface area contributed by atoms with E-state index in [4.69, 9.17) is 5.73 Å². The van der Waals surface area contributed by atoms with Gasteiger partial charge in [0.05, 0.1) is 0 Å². The van der Waals surface area contributed by atoms with E-state index in [1.54, 1.807) is 11.8 Å². The molecule has 1 saturated heterocycles. The van der Waals surface area contributed by atoms with Crippen LogP contribution in [0.2, 0.25) is 0 Å². The molecule has 92 valence electrons. The summed E-state index contributed by atoms with van der Waals surface area (Å²) in [5.74, 6) is 0.191. The van der Waals surface area contributed by atoms with Crippen LogP contribution in [0, 0.1) is 0 Å². The lowest BCUT2D eigenvalue weighted by atomic mass is 10.1. The molecule has 2 atom stereocenters. The predicted molar refractivity (Wildman–Crippen MR) is 71.9 cm³/mol. The third kappa shape index (κ3) is 2.82. The molecule has 0 spiro atoms. The van der Waals surface area contributed by atoms with Crippen molar-refractivity contribution in [2.24, 2.45) is 5.73 Å². The zero-order valence-corrected chi connectivity index (χ0v) is 10.8. The minimum absolute atomic E-state index is 0.0958. The van der Waals surface area contributed by atoms with Crippen molar-refractivity contribution in [3.8, 4) is 0 Å². The maximum Gasteiger partial charge on any atom is 0.240 e. The summed E-state index contributed by atoms with van der Waals surface area (Å²) in [7, 11) is 0. The quantitative estimate of drug-likeness (QED) is 0.887. The molecular formula is C13H18N2OS. The Morgan fingerprint density at radius 1 is 1.47 bits per heavy atom. The first kappa shape index (κ1) is 12.5. The normalized spacial score (nSPS) is 21.5. The highest BCUT2D eigenvalue weighted by atomic mass is 32.2. The Bertz CT molecular complexity index is 382. The van der Waals surface area contributed by atoms with Gasteiger partial charge in [-0.2, -0.15) is 0 Å². The van der Waals surface area contributed by atoms with Crippen LogP contribution in [-0.2, 0) is 4.79 Å². The molecule has 1 heterocycles. The first-order valence-electron chi connectivity index (χ1n) is 5.84. The van der Waals surface area contributed by atoms with Crippen molar-refractivity contribution in [2.75, 3.05) is 19.3 Å². The molecule has 4 heteroatoms. The number of rotatable bonds is 3. The summed E-state index contributed by atoms with van der Waals surface area (Å²) in [5, 5.41) is -0.0958. The Morgan fingerprint density at radius 2 is 2.18 bits per heavy atom. The number of hydrogen-bond acceptors (Lipinski definition) is 3. The van der Waals surface area contributed by atoms with Crippen LogP contribution in [-0.4, -0.2) is 36.2 Å². The molecule has 2 rings (SSSR count). The summed E-state index contributed by atoms with van der Waals surface area (Å²) >= 11 is 1.59. The molecule has 0 radical (unpaired) electrons. The van der Waals surface area contributed by atoms with Crippen LogP contribution < -0.4 is 5.73 Å². The van der Waals surface area contributed by atoms with Crippen molar-refractivity contribution >= 4 is 17.7 Å². The zero-order valence-electron chi connectivity index (χ0n) is 10.0. The van der Waals surface area contributed by atoms with Gasteiger partial charge in [0.15, 0.2) is 0 Å². The first-order valence-corrected chi connectivity index (χ1v) is 7.13. The maximum absolute atomic E-state index is 12.4. The maximum atomic E-state index is 12.4. The fourth-order valence-electron chi connectivity index (χ4n) is 2.16. The van der Waals surface area contributed by atoms with E-state index in [1.165, 1.54) is 0 Å². The van der Waals surface area contributed by atoms with Gasteiger partial charge in [-0.05, 0) is 18.2 Å². The summed E-state index contributed by atoms with van der Waals surface area (Å²) in [6.45, 7) is 1.49. The van der Waals surface area contributed by atoms with Gasteiger partial charge in [0.2, 0.25) is 5.91 Å². The van der Waals surface area contributed by atoms with E-state index in [0.717, 1.165) is 18.5 Å². The predicted octanol–water partition coefficient (Wildman–Crippen LogP) is 1.65. The van der Waals surface area contributed by atoms with Gasteiger partial charge in [-0.25, -0.2) is 0 Å². The molecule has 0 aliphatic carbocycles. The van der Waals surface area contributed by atoms with Crippen molar-refractivity contribution in [3.63, 3.8) is 0 Å². The number of thioether (sulfide) groups is 1. The minimum Gasteiger partial charge on any atom is -0.340 e. The SMILES string of the molecule is CSC(C(=O)N1CCC(N)C1)c1ccccc1. The Morgan fingerprint density at radius 3 is 2.71 bits per heavy atom. The van der Waals surface area contributed by atoms with Crippen LogP contribution in [0.4, 0.5) is 0 Å². The molecule has 1 aliphatic heterocycles. The molecule has 17 heavy (non-hydrogen) atoms. The number of likely N-dealkylation sites (tertiary alicyclic amines) is 1. The monoisotopic (exact) mass is 250 g/mol. The highest BCUT2D eigenvalue weighted by molar-refractivity contribution is 7.99. The molecule has 1 amide bonds. The third-order valence-electron chi connectivity index (χ3n) is 3.10. The fraction of sp³-hybridized carbons (Fsp3) is 0.462. The lowest BCUT2D eigenvalue weighted by Crippen LogP contribution is -2.34. The van der Waals surface area contributed by atoms with E-state index in [1.807, 2.05) is 41.5 Å². The molecule has 3 nitrogen and oxygen atoms in total. The summed E-state index contributed by atoms with van der Waals surface area (Å²) in [6, 6.07) is 10.1. The number of carbonyl (C=O) groups is 1. The molecule has 2 N–H and O–H groups in total. The van der Waals surface area contributed by atoms with Crippen molar-refractivity contribution in [1.82, 2.24) is 4.90 Å². The second kappa shape index (κ2) is 5.56. The third-order valence-corrected chi connectivity index (χ3v) is 4.04. The van der Waals surface area contributed by atoms with Gasteiger partial charge in [-0.3, -0.25) is 4.79 Å². The largest absolute Gasteiger partial charge is 0.340 e. The summed E-state index contributed by atoms with van der Waals surface area (Å²) in [6.07, 6.45) is 2.90. The molecule has 0 aromatic heterocycles. The average molecular weight is 250 g/mol. The van der Waals surface area contributed by atoms with Gasteiger partial charge in [-0.1, -0.05) is 30.3 Å². The van der Waals surface area contributed by atoms with Crippen molar-refractivity contribution in [1.29, 1.82) is 0 Å². The van der Waals surface area contributed by atoms with Gasteiger partial charge in [0.1, 0.15) is 5.25 Å². The van der Waals surface area contributed by atoms with Crippen LogP contribution in [0.1, 0.15) is 17.2 Å². The van der Waals surface area contributed by atoms with Gasteiger partial charge in [0, 0.05) is 19.1 Å². The second-order valence-electron chi connectivity index (χ2n) is 4.36. The Balaban J connectivity index is 2.11. The summed E-state index contributed by atoms with van der Waals surface area (Å²) in [5.41, 5.74) is 6.92. The van der Waals surface area contributed by atoms with Gasteiger partial charge in [0.25, 0.3) is 0 Å².